The van der Waals surface area contributed by atoms with E-state index >= 15 is 0 Å². The van der Waals surface area contributed by atoms with Gasteiger partial charge in [-0.05, 0) is 94.9 Å². The lowest BCUT2D eigenvalue weighted by Gasteiger charge is -2.35. The van der Waals surface area contributed by atoms with Gasteiger partial charge >= 0.3 is 0 Å². The van der Waals surface area contributed by atoms with Crippen LogP contribution in [0.25, 0.3) is 27.2 Å². The fourth-order valence-corrected chi connectivity index (χ4v) is 7.31. The molecule has 0 saturated heterocycles. The van der Waals surface area contributed by atoms with Gasteiger partial charge in [-0.1, -0.05) is 111 Å². The van der Waals surface area contributed by atoms with Crippen LogP contribution in [0.4, 0.5) is 22.7 Å². The molecule has 2 unspecified atom stereocenters. The molecule has 0 bridgehead atoms. The van der Waals surface area contributed by atoms with Crippen molar-refractivity contribution in [1.82, 2.24) is 0 Å². The average Bonchev–Trinajstić information content (AvgIpc) is 3.07. The molecule has 6 aromatic carbocycles. The van der Waals surface area contributed by atoms with E-state index in [1.165, 1.54) is 55.1 Å². The molecule has 0 spiro atoms. The Morgan fingerprint density at radius 1 is 0.591 bits per heavy atom. The maximum absolute atomic E-state index is 2.53. The van der Waals surface area contributed by atoms with E-state index in [4.69, 9.17) is 0 Å². The van der Waals surface area contributed by atoms with E-state index in [-0.39, 0.29) is 0 Å². The van der Waals surface area contributed by atoms with Crippen molar-refractivity contribution in [2.45, 2.75) is 32.6 Å². The fourth-order valence-electron chi connectivity index (χ4n) is 7.31. The van der Waals surface area contributed by atoms with E-state index in [0.29, 0.717) is 11.8 Å². The van der Waals surface area contributed by atoms with Gasteiger partial charge in [-0.25, -0.2) is 0 Å². The summed E-state index contributed by atoms with van der Waals surface area (Å²) in [5, 5.41) is 6.66. The second kappa shape index (κ2) is 10.9. The van der Waals surface area contributed by atoms with Crippen molar-refractivity contribution in [3.8, 4) is 0 Å². The highest BCUT2D eigenvalue weighted by molar-refractivity contribution is 6.17. The van der Waals surface area contributed by atoms with E-state index in [2.05, 4.69) is 169 Å². The van der Waals surface area contributed by atoms with Crippen LogP contribution in [0.3, 0.4) is 0 Å². The molecule has 2 aliphatic rings. The molecular weight excluding hydrogens is 532 g/mol. The standard InChI is InChI=1S/C42H36N2/c1-29-13-12-20-35(27-29)44(34-18-10-5-11-19-34)40-28-30(2)36-24-25-37-39(26-22-31-21-23-38(40)42(36)41(31)37)43(32-14-6-3-7-15-32)33-16-8-4-9-17-33/h3-12,14-27,29-30H,13,28H2,1-2H3. The number of nitrogens with zero attached hydrogens (tertiary/aromatic N) is 2. The summed E-state index contributed by atoms with van der Waals surface area (Å²) in [5.41, 5.74) is 8.82. The summed E-state index contributed by atoms with van der Waals surface area (Å²) in [6.45, 7) is 4.71. The Balaban J connectivity index is 1.44. The Morgan fingerprint density at radius 3 is 1.84 bits per heavy atom. The normalized spacial score (nSPS) is 17.6. The first-order chi connectivity index (χ1) is 21.7. The average molecular weight is 569 g/mol. The van der Waals surface area contributed by atoms with Crippen LogP contribution in [-0.4, -0.2) is 0 Å². The van der Waals surface area contributed by atoms with Crippen molar-refractivity contribution >= 4 is 50.0 Å². The second-order valence-electron chi connectivity index (χ2n) is 12.3. The lowest BCUT2D eigenvalue weighted by molar-refractivity contribution is 0.722. The molecule has 0 amide bonds. The number of hydrogen-bond donors (Lipinski definition) is 0. The van der Waals surface area contributed by atoms with Gasteiger partial charge in [0, 0.05) is 39.1 Å². The van der Waals surface area contributed by atoms with Gasteiger partial charge in [0.25, 0.3) is 0 Å². The largest absolute Gasteiger partial charge is 0.314 e. The topological polar surface area (TPSA) is 6.48 Å². The first kappa shape index (κ1) is 26.5. The van der Waals surface area contributed by atoms with Crippen molar-refractivity contribution in [1.29, 1.82) is 0 Å². The first-order valence-electron chi connectivity index (χ1n) is 15.8. The zero-order chi connectivity index (χ0) is 29.6. The number of rotatable bonds is 6. The lowest BCUT2D eigenvalue weighted by Crippen LogP contribution is -2.31. The highest BCUT2D eigenvalue weighted by Gasteiger charge is 2.28. The summed E-state index contributed by atoms with van der Waals surface area (Å²) in [6.07, 6.45) is 9.17. The van der Waals surface area contributed by atoms with Crippen LogP contribution in [0.1, 0.15) is 38.2 Å². The molecule has 2 nitrogen and oxygen atoms in total. The SMILES string of the molecule is CC1C=C(N(C2=c3ccc4ccc(N(c5ccccc5)c5ccccc5)c5ccc(c3c45)C(C)C2)c2ccccc2)C=CC1. The molecule has 2 atom stereocenters. The minimum Gasteiger partial charge on any atom is -0.314 e. The molecule has 0 N–H and O–H groups in total. The highest BCUT2D eigenvalue weighted by Crippen LogP contribution is 2.45. The third-order valence-corrected chi connectivity index (χ3v) is 9.33. The van der Waals surface area contributed by atoms with Crippen LogP contribution in [0.15, 0.2) is 151 Å². The van der Waals surface area contributed by atoms with Gasteiger partial charge in [0.05, 0.1) is 5.69 Å². The molecule has 0 heterocycles. The smallest absolute Gasteiger partial charge is 0.0540 e. The number of allylic oxidation sites excluding steroid dienone is 3. The van der Waals surface area contributed by atoms with E-state index in [1.54, 1.807) is 0 Å². The van der Waals surface area contributed by atoms with Crippen LogP contribution < -0.4 is 15.0 Å². The molecule has 0 aromatic heterocycles. The van der Waals surface area contributed by atoms with Crippen molar-refractivity contribution in [2.75, 3.05) is 9.80 Å². The minimum absolute atomic E-state index is 0.396. The lowest BCUT2D eigenvalue weighted by atomic mass is 9.82. The van der Waals surface area contributed by atoms with Crippen LogP contribution in [0.2, 0.25) is 0 Å². The molecule has 8 rings (SSSR count). The predicted molar refractivity (Wildman–Crippen MR) is 188 cm³/mol. The van der Waals surface area contributed by atoms with Gasteiger partial charge in [-0.15, -0.1) is 0 Å². The Morgan fingerprint density at radius 2 is 1.20 bits per heavy atom. The van der Waals surface area contributed by atoms with Crippen molar-refractivity contribution < 1.29 is 0 Å². The monoisotopic (exact) mass is 568 g/mol. The summed E-state index contributed by atoms with van der Waals surface area (Å²) in [5.74, 6) is 0.909. The predicted octanol–water partition coefficient (Wildman–Crippen LogP) is 10.8. The highest BCUT2D eigenvalue weighted by atomic mass is 15.2. The Kier molecular flexibility index (Phi) is 6.56. The number of para-hydroxylation sites is 3. The third-order valence-electron chi connectivity index (χ3n) is 9.33. The summed E-state index contributed by atoms with van der Waals surface area (Å²) >= 11 is 0. The molecule has 2 heteroatoms. The summed E-state index contributed by atoms with van der Waals surface area (Å²) in [6, 6.07) is 46.5. The maximum atomic E-state index is 2.53. The van der Waals surface area contributed by atoms with Crippen LogP contribution in [0.5, 0.6) is 0 Å². The van der Waals surface area contributed by atoms with Crippen LogP contribution in [-0.2, 0) is 0 Å². The molecule has 0 aliphatic heterocycles. The molecule has 0 fully saturated rings. The zero-order valence-corrected chi connectivity index (χ0v) is 25.3. The summed E-state index contributed by atoms with van der Waals surface area (Å²) in [7, 11) is 0. The van der Waals surface area contributed by atoms with Crippen molar-refractivity contribution in [3.05, 3.63) is 162 Å². The van der Waals surface area contributed by atoms with Gasteiger partial charge in [0.2, 0.25) is 0 Å². The van der Waals surface area contributed by atoms with Crippen molar-refractivity contribution in [3.63, 3.8) is 0 Å². The molecule has 0 saturated carbocycles. The molecule has 214 valence electrons. The fraction of sp³-hybridized carbons (Fsp3) is 0.143. The van der Waals surface area contributed by atoms with E-state index in [9.17, 15) is 0 Å². The Hall–Kier alpha value is -5.08. The Bertz CT molecular complexity index is 2050. The number of anilines is 4. The molecule has 6 aromatic rings. The maximum Gasteiger partial charge on any atom is 0.0540 e. The second-order valence-corrected chi connectivity index (χ2v) is 12.3. The Labute approximate surface area is 259 Å². The first-order valence-corrected chi connectivity index (χ1v) is 15.8. The van der Waals surface area contributed by atoms with Gasteiger partial charge in [-0.2, -0.15) is 0 Å². The summed E-state index contributed by atoms with van der Waals surface area (Å²) in [4.78, 5) is 4.93. The van der Waals surface area contributed by atoms with Gasteiger partial charge < -0.3 is 9.80 Å². The van der Waals surface area contributed by atoms with Crippen LogP contribution >= 0.6 is 0 Å². The van der Waals surface area contributed by atoms with E-state index < -0.39 is 0 Å². The molecule has 2 aliphatic carbocycles. The number of benzene rings is 6. The number of hydrogen-bond acceptors (Lipinski definition) is 2. The van der Waals surface area contributed by atoms with Gasteiger partial charge in [0.15, 0.2) is 0 Å². The van der Waals surface area contributed by atoms with E-state index in [1.807, 2.05) is 0 Å². The quantitative estimate of drug-likeness (QED) is 0.197. The molecule has 0 radical (unpaired) electrons. The third kappa shape index (κ3) is 4.41. The molecule has 44 heavy (non-hydrogen) atoms. The molecular formula is C42H36N2. The van der Waals surface area contributed by atoms with Crippen LogP contribution in [0, 0.1) is 5.92 Å². The van der Waals surface area contributed by atoms with Gasteiger partial charge in [0.1, 0.15) is 0 Å². The summed E-state index contributed by atoms with van der Waals surface area (Å²) < 4.78 is 0. The van der Waals surface area contributed by atoms with E-state index in [0.717, 1.165) is 24.2 Å². The minimum atomic E-state index is 0.396. The van der Waals surface area contributed by atoms with Crippen molar-refractivity contribution in [2.24, 2.45) is 5.92 Å². The zero-order valence-electron chi connectivity index (χ0n) is 25.3. The van der Waals surface area contributed by atoms with Gasteiger partial charge in [-0.3, -0.25) is 0 Å².